The second-order valence-electron chi connectivity index (χ2n) is 4.84. The number of rotatable bonds is 6. The van der Waals surface area contributed by atoms with Gasteiger partial charge in [0.1, 0.15) is 5.75 Å². The fourth-order valence-electron chi connectivity index (χ4n) is 2.44. The number of Topliss-reactive ketones (excluding diaryl/α,β-unsaturated/α-hetero) is 1. The highest BCUT2D eigenvalue weighted by Gasteiger charge is 2.18. The molecule has 20 heavy (non-hydrogen) atoms. The normalized spacial score (nSPS) is 11.9. The van der Waals surface area contributed by atoms with Crippen LogP contribution in [0.15, 0.2) is 54.6 Å². The summed E-state index contributed by atoms with van der Waals surface area (Å²) in [5.74, 6) is 1.24. The van der Waals surface area contributed by atoms with Crippen molar-refractivity contribution in [3.8, 4) is 5.75 Å². The molecule has 0 heterocycles. The summed E-state index contributed by atoms with van der Waals surface area (Å²) in [6.45, 7) is 2.11. The van der Waals surface area contributed by atoms with Crippen LogP contribution in [0.25, 0.3) is 0 Å². The van der Waals surface area contributed by atoms with E-state index in [1.807, 2.05) is 54.6 Å². The predicted octanol–water partition coefficient (Wildman–Crippen LogP) is 4.46. The van der Waals surface area contributed by atoms with Crippen molar-refractivity contribution in [2.75, 3.05) is 7.11 Å². The highest BCUT2D eigenvalue weighted by Crippen LogP contribution is 2.32. The molecular weight excluding hydrogens is 248 g/mol. The molecule has 0 radical (unpaired) electrons. The second kappa shape index (κ2) is 6.90. The van der Waals surface area contributed by atoms with Gasteiger partial charge in [-0.2, -0.15) is 0 Å². The van der Waals surface area contributed by atoms with Gasteiger partial charge in [-0.3, -0.25) is 4.79 Å². The van der Waals surface area contributed by atoms with Crippen LogP contribution >= 0.6 is 0 Å². The number of ketones is 1. The van der Waals surface area contributed by atoms with Gasteiger partial charge in [-0.25, -0.2) is 0 Å². The Morgan fingerprint density at radius 2 is 1.70 bits per heavy atom. The van der Waals surface area contributed by atoms with Crippen LogP contribution in [-0.4, -0.2) is 12.9 Å². The van der Waals surface area contributed by atoms with E-state index in [0.29, 0.717) is 6.42 Å². The van der Waals surface area contributed by atoms with Gasteiger partial charge in [0.2, 0.25) is 0 Å². The summed E-state index contributed by atoms with van der Waals surface area (Å²) < 4.78 is 5.40. The molecule has 0 aromatic heterocycles. The van der Waals surface area contributed by atoms with Crippen LogP contribution in [-0.2, 0) is 0 Å². The van der Waals surface area contributed by atoms with Crippen molar-refractivity contribution in [1.29, 1.82) is 0 Å². The van der Waals surface area contributed by atoms with Gasteiger partial charge in [0.05, 0.1) is 7.11 Å². The number of ether oxygens (including phenoxy) is 1. The molecule has 0 aliphatic carbocycles. The van der Waals surface area contributed by atoms with E-state index in [0.717, 1.165) is 23.3 Å². The predicted molar refractivity (Wildman–Crippen MR) is 81.4 cm³/mol. The molecule has 0 saturated carbocycles. The van der Waals surface area contributed by atoms with Gasteiger partial charge < -0.3 is 4.74 Å². The molecule has 0 amide bonds. The number of methoxy groups -OCH3 is 1. The molecule has 104 valence electrons. The number of benzene rings is 2. The van der Waals surface area contributed by atoms with Crippen LogP contribution in [0.3, 0.4) is 0 Å². The van der Waals surface area contributed by atoms with Crippen molar-refractivity contribution >= 4 is 5.78 Å². The molecule has 2 aromatic rings. The van der Waals surface area contributed by atoms with E-state index in [1.165, 1.54) is 0 Å². The van der Waals surface area contributed by atoms with Gasteiger partial charge >= 0.3 is 0 Å². The van der Waals surface area contributed by atoms with Crippen LogP contribution < -0.4 is 4.74 Å². The molecule has 0 spiro atoms. The Morgan fingerprint density at radius 3 is 2.35 bits per heavy atom. The lowest BCUT2D eigenvalue weighted by molar-refractivity contribution is 0.0972. The highest BCUT2D eigenvalue weighted by atomic mass is 16.5. The average Bonchev–Trinajstić information content (AvgIpc) is 2.53. The van der Waals surface area contributed by atoms with Gasteiger partial charge in [-0.15, -0.1) is 0 Å². The van der Waals surface area contributed by atoms with Gasteiger partial charge in [0.15, 0.2) is 5.78 Å². The molecule has 2 aromatic carbocycles. The summed E-state index contributed by atoms with van der Waals surface area (Å²) in [5.41, 5.74) is 1.89. The van der Waals surface area contributed by atoms with Crippen molar-refractivity contribution in [2.45, 2.75) is 25.7 Å². The molecule has 2 heteroatoms. The van der Waals surface area contributed by atoms with Gasteiger partial charge in [-0.05, 0) is 24.0 Å². The third-order valence-corrected chi connectivity index (χ3v) is 3.60. The van der Waals surface area contributed by atoms with E-state index in [9.17, 15) is 4.79 Å². The summed E-state index contributed by atoms with van der Waals surface area (Å²) in [4.78, 5) is 12.3. The van der Waals surface area contributed by atoms with Crippen LogP contribution in [0.1, 0.15) is 41.6 Å². The van der Waals surface area contributed by atoms with Gasteiger partial charge in [-0.1, -0.05) is 55.5 Å². The van der Waals surface area contributed by atoms with Gasteiger partial charge in [0, 0.05) is 12.0 Å². The number of carbonyl (C=O) groups excluding carboxylic acids is 1. The van der Waals surface area contributed by atoms with E-state index in [1.54, 1.807) is 7.11 Å². The topological polar surface area (TPSA) is 26.3 Å². The SMILES string of the molecule is CC[C@H](CC(=O)c1ccccc1)c1ccccc1OC. The summed E-state index contributed by atoms with van der Waals surface area (Å²) in [5, 5.41) is 0. The minimum Gasteiger partial charge on any atom is -0.496 e. The zero-order valence-corrected chi connectivity index (χ0v) is 12.0. The summed E-state index contributed by atoms with van der Waals surface area (Å²) in [6, 6.07) is 17.4. The maximum Gasteiger partial charge on any atom is 0.163 e. The lowest BCUT2D eigenvalue weighted by Crippen LogP contribution is -2.08. The van der Waals surface area contributed by atoms with Crippen LogP contribution in [0.4, 0.5) is 0 Å². The van der Waals surface area contributed by atoms with Crippen molar-refractivity contribution in [3.63, 3.8) is 0 Å². The summed E-state index contributed by atoms with van der Waals surface area (Å²) >= 11 is 0. The van der Waals surface area contributed by atoms with E-state index in [4.69, 9.17) is 4.74 Å². The Balaban J connectivity index is 2.19. The molecule has 0 fully saturated rings. The molecule has 0 saturated heterocycles. The first-order chi connectivity index (χ1) is 9.76. The molecule has 2 rings (SSSR count). The smallest absolute Gasteiger partial charge is 0.163 e. The van der Waals surface area contributed by atoms with Crippen LogP contribution in [0, 0.1) is 0 Å². The standard InChI is InChI=1S/C18H20O2/c1-3-14(16-11-7-8-12-18(16)20-2)13-17(19)15-9-5-4-6-10-15/h4-12,14H,3,13H2,1-2H3/t14-/m1/s1. The van der Waals surface area contributed by atoms with Crippen LogP contribution in [0.2, 0.25) is 0 Å². The average molecular weight is 268 g/mol. The molecular formula is C18H20O2. The Labute approximate surface area is 120 Å². The van der Waals surface area contributed by atoms with Crippen molar-refractivity contribution < 1.29 is 9.53 Å². The lowest BCUT2D eigenvalue weighted by atomic mass is 9.89. The number of hydrogen-bond donors (Lipinski definition) is 0. The van der Waals surface area contributed by atoms with E-state index < -0.39 is 0 Å². The molecule has 0 N–H and O–H groups in total. The molecule has 0 aliphatic heterocycles. The molecule has 2 nitrogen and oxygen atoms in total. The van der Waals surface area contributed by atoms with Crippen molar-refractivity contribution in [3.05, 3.63) is 65.7 Å². The minimum atomic E-state index is 0.184. The van der Waals surface area contributed by atoms with Gasteiger partial charge in [0.25, 0.3) is 0 Å². The minimum absolute atomic E-state index is 0.184. The Bertz CT molecular complexity index is 561. The fraction of sp³-hybridized carbons (Fsp3) is 0.278. The number of carbonyl (C=O) groups is 1. The van der Waals surface area contributed by atoms with E-state index >= 15 is 0 Å². The maximum absolute atomic E-state index is 12.3. The molecule has 1 atom stereocenters. The first-order valence-electron chi connectivity index (χ1n) is 6.97. The fourth-order valence-corrected chi connectivity index (χ4v) is 2.44. The monoisotopic (exact) mass is 268 g/mol. The Morgan fingerprint density at radius 1 is 1.05 bits per heavy atom. The van der Waals surface area contributed by atoms with E-state index in [2.05, 4.69) is 6.92 Å². The maximum atomic E-state index is 12.3. The summed E-state index contributed by atoms with van der Waals surface area (Å²) in [7, 11) is 1.67. The molecule has 0 aliphatic rings. The highest BCUT2D eigenvalue weighted by molar-refractivity contribution is 5.96. The van der Waals surface area contributed by atoms with Crippen molar-refractivity contribution in [1.82, 2.24) is 0 Å². The van der Waals surface area contributed by atoms with E-state index in [-0.39, 0.29) is 11.7 Å². The Hall–Kier alpha value is -2.09. The molecule has 0 unspecified atom stereocenters. The zero-order valence-electron chi connectivity index (χ0n) is 12.0. The first-order valence-corrected chi connectivity index (χ1v) is 6.97. The number of hydrogen-bond acceptors (Lipinski definition) is 2. The largest absolute Gasteiger partial charge is 0.496 e. The van der Waals surface area contributed by atoms with Crippen molar-refractivity contribution in [2.24, 2.45) is 0 Å². The van der Waals surface area contributed by atoms with Crippen LogP contribution in [0.5, 0.6) is 5.75 Å². The second-order valence-corrected chi connectivity index (χ2v) is 4.84. The number of para-hydroxylation sites is 1. The lowest BCUT2D eigenvalue weighted by Gasteiger charge is -2.17. The zero-order chi connectivity index (χ0) is 14.4. The molecule has 0 bridgehead atoms. The third-order valence-electron chi connectivity index (χ3n) is 3.60. The third kappa shape index (κ3) is 3.27. The summed E-state index contributed by atoms with van der Waals surface area (Å²) in [6.07, 6.45) is 1.43. The Kier molecular flexibility index (Phi) is 4.94. The first kappa shape index (κ1) is 14.3. The quantitative estimate of drug-likeness (QED) is 0.723.